The third kappa shape index (κ3) is 2.34. The number of aromatic hydroxyl groups is 5. The van der Waals surface area contributed by atoms with Gasteiger partial charge in [-0.3, -0.25) is 9.59 Å². The Morgan fingerprint density at radius 3 is 1.76 bits per heavy atom. The summed E-state index contributed by atoms with van der Waals surface area (Å²) in [5, 5.41) is 49.8. The summed E-state index contributed by atoms with van der Waals surface area (Å²) < 4.78 is 0. The number of anilines is 2. The summed E-state index contributed by atoms with van der Waals surface area (Å²) in [5.74, 6) is -4.78. The molecule has 3 aromatic carbocycles. The molecule has 9 heteroatoms. The number of benzene rings is 3. The molecule has 1 aliphatic rings. The fourth-order valence-electron chi connectivity index (χ4n) is 3.47. The lowest BCUT2D eigenvalue weighted by Gasteiger charge is -2.23. The van der Waals surface area contributed by atoms with E-state index < -0.39 is 45.9 Å². The summed E-state index contributed by atoms with van der Waals surface area (Å²) in [6.07, 6.45) is 0. The lowest BCUT2D eigenvalue weighted by atomic mass is 9.80. The third-order valence-electron chi connectivity index (χ3n) is 4.83. The Morgan fingerprint density at radius 1 is 0.586 bits per heavy atom. The van der Waals surface area contributed by atoms with Crippen LogP contribution in [0.15, 0.2) is 30.3 Å². The molecule has 0 saturated carbocycles. The average Bonchev–Trinajstić information content (AvgIpc) is 2.66. The summed E-state index contributed by atoms with van der Waals surface area (Å²) in [4.78, 5) is 26.0. The Balaban J connectivity index is 2.05. The summed E-state index contributed by atoms with van der Waals surface area (Å²) in [6, 6.07) is 5.69. The van der Waals surface area contributed by atoms with Gasteiger partial charge in [-0.15, -0.1) is 0 Å². The van der Waals surface area contributed by atoms with E-state index in [1.54, 1.807) is 0 Å². The number of nitrogen functional groups attached to an aromatic ring is 2. The van der Waals surface area contributed by atoms with Gasteiger partial charge in [0, 0.05) is 16.9 Å². The fourth-order valence-corrected chi connectivity index (χ4v) is 3.47. The van der Waals surface area contributed by atoms with Crippen molar-refractivity contribution in [3.8, 4) is 39.9 Å². The minimum Gasteiger partial charge on any atom is -0.507 e. The zero-order valence-corrected chi connectivity index (χ0v) is 14.6. The second-order valence-electron chi connectivity index (χ2n) is 6.56. The molecule has 0 heterocycles. The summed E-state index contributed by atoms with van der Waals surface area (Å²) in [6.45, 7) is 0. The first-order chi connectivity index (χ1) is 13.6. The number of phenolic OH excluding ortho intramolecular Hbond substituents is 5. The maximum absolute atomic E-state index is 13.1. The van der Waals surface area contributed by atoms with Gasteiger partial charge in [-0.25, -0.2) is 0 Å². The normalized spacial score (nSPS) is 12.6. The van der Waals surface area contributed by atoms with Crippen molar-refractivity contribution in [2.24, 2.45) is 0 Å². The molecule has 0 bridgehead atoms. The average molecular weight is 394 g/mol. The molecule has 0 amide bonds. The Morgan fingerprint density at radius 2 is 1.14 bits per heavy atom. The molecule has 146 valence electrons. The lowest BCUT2D eigenvalue weighted by Crippen LogP contribution is -2.24. The molecule has 9 nitrogen and oxygen atoms in total. The Bertz CT molecular complexity index is 1240. The maximum atomic E-state index is 13.1. The molecular weight excluding hydrogens is 380 g/mol. The van der Waals surface area contributed by atoms with Crippen molar-refractivity contribution in [2.45, 2.75) is 0 Å². The molecule has 0 aromatic heterocycles. The molecule has 9 N–H and O–H groups in total. The SMILES string of the molecule is Nc1ccc(O)c2c1C(=O)c1c(O)c(-c3cc(O)c(O)c(O)c3)cc(N)c1C2=O. The smallest absolute Gasteiger partial charge is 0.200 e. The lowest BCUT2D eigenvalue weighted by molar-refractivity contribution is 0.0975. The second kappa shape index (κ2) is 5.80. The van der Waals surface area contributed by atoms with E-state index in [1.165, 1.54) is 18.2 Å². The third-order valence-corrected chi connectivity index (χ3v) is 4.83. The van der Waals surface area contributed by atoms with Crippen LogP contribution in [-0.2, 0) is 0 Å². The van der Waals surface area contributed by atoms with Crippen LogP contribution >= 0.6 is 0 Å². The topological polar surface area (TPSA) is 187 Å². The van der Waals surface area contributed by atoms with Crippen molar-refractivity contribution in [1.82, 2.24) is 0 Å². The monoisotopic (exact) mass is 394 g/mol. The number of ketones is 2. The van der Waals surface area contributed by atoms with Crippen LogP contribution in [0.3, 0.4) is 0 Å². The molecule has 0 fully saturated rings. The van der Waals surface area contributed by atoms with Gasteiger partial charge in [0.05, 0.1) is 22.3 Å². The van der Waals surface area contributed by atoms with E-state index in [1.807, 2.05) is 0 Å². The summed E-state index contributed by atoms with van der Waals surface area (Å²) in [5.41, 5.74) is 10.2. The molecule has 0 unspecified atom stereocenters. The molecule has 4 rings (SSSR count). The molecule has 0 atom stereocenters. The van der Waals surface area contributed by atoms with Crippen LogP contribution < -0.4 is 11.5 Å². The van der Waals surface area contributed by atoms with E-state index in [-0.39, 0.29) is 39.2 Å². The van der Waals surface area contributed by atoms with Crippen molar-refractivity contribution >= 4 is 22.9 Å². The number of carbonyl (C=O) groups is 2. The van der Waals surface area contributed by atoms with E-state index in [0.29, 0.717) is 0 Å². The highest BCUT2D eigenvalue weighted by molar-refractivity contribution is 6.33. The van der Waals surface area contributed by atoms with Crippen molar-refractivity contribution in [1.29, 1.82) is 0 Å². The van der Waals surface area contributed by atoms with E-state index in [2.05, 4.69) is 0 Å². The van der Waals surface area contributed by atoms with Gasteiger partial charge in [0.25, 0.3) is 0 Å². The zero-order valence-electron chi connectivity index (χ0n) is 14.6. The summed E-state index contributed by atoms with van der Waals surface area (Å²) in [7, 11) is 0. The summed E-state index contributed by atoms with van der Waals surface area (Å²) >= 11 is 0. The van der Waals surface area contributed by atoms with Crippen LogP contribution in [0.5, 0.6) is 28.7 Å². The van der Waals surface area contributed by atoms with Gasteiger partial charge in [0.1, 0.15) is 11.5 Å². The van der Waals surface area contributed by atoms with Gasteiger partial charge in [0.2, 0.25) is 11.6 Å². The molecule has 0 spiro atoms. The molecule has 0 aliphatic heterocycles. The van der Waals surface area contributed by atoms with Crippen LogP contribution in [0, 0.1) is 0 Å². The second-order valence-corrected chi connectivity index (χ2v) is 6.56. The standard InChI is InChI=1S/C20H14N2O7/c21-8-1-2-10(23)15-13(8)20(29)16-14(19(15)28)9(22)5-7(17(16)26)6-3-11(24)18(27)12(25)4-6/h1-5,23-27H,21-22H2. The van der Waals surface area contributed by atoms with E-state index in [0.717, 1.165) is 12.1 Å². The van der Waals surface area contributed by atoms with E-state index >= 15 is 0 Å². The van der Waals surface area contributed by atoms with E-state index in [9.17, 15) is 35.1 Å². The Hall–Kier alpha value is -4.40. The van der Waals surface area contributed by atoms with Crippen LogP contribution in [-0.4, -0.2) is 37.1 Å². The highest BCUT2D eigenvalue weighted by Gasteiger charge is 2.38. The van der Waals surface area contributed by atoms with Crippen LogP contribution in [0.4, 0.5) is 11.4 Å². The quantitative estimate of drug-likeness (QED) is 0.143. The minimum atomic E-state index is -0.818. The first-order valence-corrected chi connectivity index (χ1v) is 8.25. The first-order valence-electron chi connectivity index (χ1n) is 8.25. The fraction of sp³-hybridized carbons (Fsp3) is 0. The molecule has 1 aliphatic carbocycles. The number of hydrogen-bond donors (Lipinski definition) is 7. The largest absolute Gasteiger partial charge is 0.507 e. The first kappa shape index (κ1) is 18.0. The van der Waals surface area contributed by atoms with Gasteiger partial charge >= 0.3 is 0 Å². The number of rotatable bonds is 1. The van der Waals surface area contributed by atoms with E-state index in [4.69, 9.17) is 11.5 Å². The Kier molecular flexibility index (Phi) is 3.60. The number of fused-ring (bicyclic) bond motifs is 2. The predicted octanol–water partition coefficient (Wildman–Crippen LogP) is 1.82. The molecule has 3 aromatic rings. The van der Waals surface area contributed by atoms with Gasteiger partial charge in [-0.1, -0.05) is 0 Å². The van der Waals surface area contributed by atoms with Crippen molar-refractivity contribution < 1.29 is 35.1 Å². The number of carbonyl (C=O) groups excluding carboxylic acids is 2. The van der Waals surface area contributed by atoms with Crippen molar-refractivity contribution in [2.75, 3.05) is 11.5 Å². The molecule has 0 radical (unpaired) electrons. The number of nitrogens with two attached hydrogens (primary N) is 2. The predicted molar refractivity (Wildman–Crippen MR) is 102 cm³/mol. The Labute approximate surface area is 162 Å². The molecule has 0 saturated heterocycles. The van der Waals surface area contributed by atoms with Gasteiger partial charge < -0.3 is 37.0 Å². The van der Waals surface area contributed by atoms with Gasteiger partial charge in [-0.2, -0.15) is 0 Å². The van der Waals surface area contributed by atoms with Crippen LogP contribution in [0.1, 0.15) is 31.8 Å². The van der Waals surface area contributed by atoms with Crippen molar-refractivity contribution in [3.63, 3.8) is 0 Å². The highest BCUT2D eigenvalue weighted by atomic mass is 16.3. The van der Waals surface area contributed by atoms with Gasteiger partial charge in [-0.05, 0) is 35.9 Å². The molecular formula is C20H14N2O7. The van der Waals surface area contributed by atoms with Crippen LogP contribution in [0.2, 0.25) is 0 Å². The minimum absolute atomic E-state index is 0.0275. The maximum Gasteiger partial charge on any atom is 0.200 e. The zero-order chi connectivity index (χ0) is 21.2. The van der Waals surface area contributed by atoms with Gasteiger partial charge in [0.15, 0.2) is 17.2 Å². The number of phenols is 5. The number of hydrogen-bond acceptors (Lipinski definition) is 9. The molecule has 29 heavy (non-hydrogen) atoms. The van der Waals surface area contributed by atoms with Crippen molar-refractivity contribution in [3.05, 3.63) is 52.6 Å². The van der Waals surface area contributed by atoms with Crippen LogP contribution in [0.25, 0.3) is 11.1 Å². The highest BCUT2D eigenvalue weighted by Crippen LogP contribution is 2.47.